The summed E-state index contributed by atoms with van der Waals surface area (Å²) in [5, 5.41) is 4.13. The van der Waals surface area contributed by atoms with Gasteiger partial charge in [0.25, 0.3) is 10.0 Å². The van der Waals surface area contributed by atoms with Gasteiger partial charge in [-0.15, -0.1) is 6.58 Å². The van der Waals surface area contributed by atoms with Gasteiger partial charge in [0.15, 0.2) is 0 Å². The number of halogens is 3. The number of nitrogens with zero attached hydrogens (tertiary/aromatic N) is 2. The standard InChI is InChI=1S/C19H17F3N2O2S/c1-3-16-12-18(14-5-4-6-15(11-14)19(20,21)22)23-24(16)27(25,26)17-9-7-13(2)8-10-17/h3-11,16H,1,12H2,2H3/t16-/m0/s1. The van der Waals surface area contributed by atoms with E-state index in [0.29, 0.717) is 0 Å². The van der Waals surface area contributed by atoms with Crippen molar-refractivity contribution in [2.24, 2.45) is 5.10 Å². The molecule has 1 aliphatic heterocycles. The minimum Gasteiger partial charge on any atom is -0.200 e. The number of hydrogen-bond acceptors (Lipinski definition) is 3. The second kappa shape index (κ2) is 6.84. The van der Waals surface area contributed by atoms with Crippen molar-refractivity contribution in [3.63, 3.8) is 0 Å². The molecule has 0 amide bonds. The van der Waals surface area contributed by atoms with Crippen LogP contribution in [0.2, 0.25) is 0 Å². The van der Waals surface area contributed by atoms with E-state index in [9.17, 15) is 21.6 Å². The van der Waals surface area contributed by atoms with Gasteiger partial charge in [-0.2, -0.15) is 31.1 Å². The number of hydrogen-bond donors (Lipinski definition) is 0. The zero-order valence-electron chi connectivity index (χ0n) is 14.4. The predicted molar refractivity (Wildman–Crippen MR) is 96.8 cm³/mol. The van der Waals surface area contributed by atoms with Crippen LogP contribution in [0.1, 0.15) is 23.1 Å². The fourth-order valence-corrected chi connectivity index (χ4v) is 4.20. The molecule has 27 heavy (non-hydrogen) atoms. The number of sulfonamides is 1. The fraction of sp³-hybridized carbons (Fsp3) is 0.211. The minimum atomic E-state index is -4.49. The first-order valence-electron chi connectivity index (χ1n) is 8.11. The lowest BCUT2D eigenvalue weighted by Crippen LogP contribution is -2.31. The van der Waals surface area contributed by atoms with Gasteiger partial charge in [-0.25, -0.2) is 0 Å². The van der Waals surface area contributed by atoms with Crippen molar-refractivity contribution in [2.45, 2.75) is 30.5 Å². The van der Waals surface area contributed by atoms with Crippen molar-refractivity contribution in [1.82, 2.24) is 4.41 Å². The molecule has 142 valence electrons. The van der Waals surface area contributed by atoms with Gasteiger partial charge in [-0.3, -0.25) is 0 Å². The summed E-state index contributed by atoms with van der Waals surface area (Å²) in [5.74, 6) is 0. The number of aryl methyl sites for hydroxylation is 1. The van der Waals surface area contributed by atoms with Gasteiger partial charge in [-0.05, 0) is 36.8 Å². The molecule has 1 atom stereocenters. The van der Waals surface area contributed by atoms with E-state index in [1.54, 1.807) is 12.1 Å². The first kappa shape index (κ1) is 19.2. The second-order valence-electron chi connectivity index (χ2n) is 6.22. The summed E-state index contributed by atoms with van der Waals surface area (Å²) in [7, 11) is -3.94. The van der Waals surface area contributed by atoms with E-state index in [1.165, 1.54) is 30.3 Å². The quantitative estimate of drug-likeness (QED) is 0.723. The zero-order valence-corrected chi connectivity index (χ0v) is 15.3. The van der Waals surface area contributed by atoms with Crippen molar-refractivity contribution in [3.8, 4) is 0 Å². The van der Waals surface area contributed by atoms with Crippen LogP contribution < -0.4 is 0 Å². The van der Waals surface area contributed by atoms with Crippen LogP contribution in [0.5, 0.6) is 0 Å². The summed E-state index contributed by atoms with van der Waals surface area (Å²) in [6.45, 7) is 5.48. The van der Waals surface area contributed by atoms with Gasteiger partial charge < -0.3 is 0 Å². The first-order chi connectivity index (χ1) is 12.6. The van der Waals surface area contributed by atoms with Crippen LogP contribution in [-0.2, 0) is 16.2 Å². The van der Waals surface area contributed by atoms with Gasteiger partial charge in [0.2, 0.25) is 0 Å². The van der Waals surface area contributed by atoms with E-state index in [-0.39, 0.29) is 22.6 Å². The number of hydrazone groups is 1. The number of alkyl halides is 3. The molecule has 0 unspecified atom stereocenters. The Kier molecular flexibility index (Phi) is 4.86. The van der Waals surface area contributed by atoms with Gasteiger partial charge in [0.1, 0.15) is 0 Å². The highest BCUT2D eigenvalue weighted by molar-refractivity contribution is 7.89. The largest absolute Gasteiger partial charge is 0.416 e. The molecule has 0 bridgehead atoms. The Balaban J connectivity index is 2.01. The normalized spacial score (nSPS) is 17.7. The highest BCUT2D eigenvalue weighted by Gasteiger charge is 2.36. The van der Waals surface area contributed by atoms with Crippen LogP contribution in [0.25, 0.3) is 0 Å². The molecule has 3 rings (SSSR count). The van der Waals surface area contributed by atoms with Gasteiger partial charge in [0.05, 0.1) is 22.2 Å². The third-order valence-corrected chi connectivity index (χ3v) is 5.98. The van der Waals surface area contributed by atoms with Crippen molar-refractivity contribution >= 4 is 15.7 Å². The van der Waals surface area contributed by atoms with Gasteiger partial charge in [-0.1, -0.05) is 35.9 Å². The highest BCUT2D eigenvalue weighted by atomic mass is 32.2. The summed E-state index contributed by atoms with van der Waals surface area (Å²) < 4.78 is 65.6. The molecule has 0 saturated heterocycles. The number of benzene rings is 2. The van der Waals surface area contributed by atoms with Crippen molar-refractivity contribution in [3.05, 3.63) is 77.9 Å². The molecule has 0 N–H and O–H groups in total. The zero-order chi connectivity index (χ0) is 19.8. The molecule has 8 heteroatoms. The Labute approximate surface area is 155 Å². The molecule has 0 radical (unpaired) electrons. The Bertz CT molecular complexity index is 996. The van der Waals surface area contributed by atoms with E-state index >= 15 is 0 Å². The van der Waals surface area contributed by atoms with Gasteiger partial charge >= 0.3 is 6.18 Å². The van der Waals surface area contributed by atoms with E-state index in [1.807, 2.05) is 6.92 Å². The lowest BCUT2D eigenvalue weighted by molar-refractivity contribution is -0.137. The Morgan fingerprint density at radius 3 is 2.44 bits per heavy atom. The van der Waals surface area contributed by atoms with Crippen molar-refractivity contribution in [1.29, 1.82) is 0 Å². The van der Waals surface area contributed by atoms with Gasteiger partial charge in [0, 0.05) is 6.42 Å². The Hall–Kier alpha value is -2.61. The average molecular weight is 394 g/mol. The fourth-order valence-electron chi connectivity index (χ4n) is 2.78. The van der Waals surface area contributed by atoms with Crippen LogP contribution in [0.3, 0.4) is 0 Å². The molecule has 0 saturated carbocycles. The predicted octanol–water partition coefficient (Wildman–Crippen LogP) is 4.37. The highest BCUT2D eigenvalue weighted by Crippen LogP contribution is 2.32. The molecule has 2 aromatic carbocycles. The van der Waals surface area contributed by atoms with E-state index < -0.39 is 27.8 Å². The van der Waals surface area contributed by atoms with E-state index in [4.69, 9.17) is 0 Å². The molecule has 0 aliphatic carbocycles. The Morgan fingerprint density at radius 1 is 1.19 bits per heavy atom. The molecule has 1 heterocycles. The molecule has 4 nitrogen and oxygen atoms in total. The monoisotopic (exact) mass is 394 g/mol. The SMILES string of the molecule is C=C[C@H]1CC(c2cccc(C(F)(F)F)c2)=NN1S(=O)(=O)c1ccc(C)cc1. The smallest absolute Gasteiger partial charge is 0.200 e. The second-order valence-corrected chi connectivity index (χ2v) is 8.02. The Morgan fingerprint density at radius 2 is 1.85 bits per heavy atom. The maximum atomic E-state index is 13.0. The maximum Gasteiger partial charge on any atom is 0.416 e. The molecular weight excluding hydrogens is 377 g/mol. The molecular formula is C19H17F3N2O2S. The molecule has 0 fully saturated rings. The third-order valence-electron chi connectivity index (χ3n) is 4.27. The summed E-state index contributed by atoms with van der Waals surface area (Å²) in [4.78, 5) is 0.0639. The first-order valence-corrected chi connectivity index (χ1v) is 9.55. The van der Waals surface area contributed by atoms with Crippen molar-refractivity contribution in [2.75, 3.05) is 0 Å². The van der Waals surface area contributed by atoms with Crippen LogP contribution in [0.4, 0.5) is 13.2 Å². The van der Waals surface area contributed by atoms with Crippen LogP contribution in [-0.4, -0.2) is 24.6 Å². The summed E-state index contributed by atoms with van der Waals surface area (Å²) in [6.07, 6.45) is -2.91. The molecule has 1 aliphatic rings. The topological polar surface area (TPSA) is 49.7 Å². The van der Waals surface area contributed by atoms with E-state index in [2.05, 4.69) is 11.7 Å². The summed E-state index contributed by atoms with van der Waals surface area (Å²) in [5.41, 5.74) is 0.599. The summed E-state index contributed by atoms with van der Waals surface area (Å²) >= 11 is 0. The summed E-state index contributed by atoms with van der Waals surface area (Å²) in [6, 6.07) is 10.3. The lowest BCUT2D eigenvalue weighted by atomic mass is 10.0. The van der Waals surface area contributed by atoms with Crippen molar-refractivity contribution < 1.29 is 21.6 Å². The van der Waals surface area contributed by atoms with Crippen LogP contribution in [0, 0.1) is 6.92 Å². The van der Waals surface area contributed by atoms with E-state index in [0.717, 1.165) is 22.1 Å². The minimum absolute atomic E-state index is 0.0639. The molecule has 0 spiro atoms. The number of rotatable bonds is 4. The molecule has 0 aromatic heterocycles. The maximum absolute atomic E-state index is 13.0. The average Bonchev–Trinajstić information content (AvgIpc) is 3.07. The lowest BCUT2D eigenvalue weighted by Gasteiger charge is -2.20. The van der Waals surface area contributed by atoms with Crippen LogP contribution in [0.15, 0.2) is 71.2 Å². The molecule has 2 aromatic rings. The third kappa shape index (κ3) is 3.75. The van der Waals surface area contributed by atoms with Crippen LogP contribution >= 0.6 is 0 Å².